The Balaban J connectivity index is 1.51. The lowest BCUT2D eigenvalue weighted by Gasteiger charge is -2.14. The van der Waals surface area contributed by atoms with Crippen molar-refractivity contribution in [1.82, 2.24) is 10.4 Å². The number of carbonyl (C=O) groups excluding carboxylic acids is 1. The maximum absolute atomic E-state index is 12.1. The third-order valence-corrected chi connectivity index (χ3v) is 6.26. The molecule has 0 saturated heterocycles. The lowest BCUT2D eigenvalue weighted by atomic mass is 10.2. The van der Waals surface area contributed by atoms with Gasteiger partial charge in [-0.2, -0.15) is 5.10 Å². The fourth-order valence-corrected chi connectivity index (χ4v) is 4.39. The summed E-state index contributed by atoms with van der Waals surface area (Å²) in [4.78, 5) is 16.7. The second kappa shape index (κ2) is 11.9. The third-order valence-electron chi connectivity index (χ3n) is 3.98. The molecule has 3 aromatic rings. The highest BCUT2D eigenvalue weighted by atomic mass is 35.5. The molecular weight excluding hydrogens is 466 g/mol. The minimum Gasteiger partial charge on any atom is -0.490 e. The number of halogens is 1. The van der Waals surface area contributed by atoms with Gasteiger partial charge in [-0.15, -0.1) is 11.3 Å². The number of hydrazone groups is 1. The van der Waals surface area contributed by atoms with Crippen molar-refractivity contribution in [3.63, 3.8) is 0 Å². The number of nitrogens with one attached hydrogen (secondary N) is 1. The van der Waals surface area contributed by atoms with Gasteiger partial charge < -0.3 is 9.47 Å². The molecule has 0 unspecified atom stereocenters. The number of nitrogens with zero attached hydrogens (tertiary/aromatic N) is 2. The molecule has 9 heteroatoms. The van der Waals surface area contributed by atoms with Crippen molar-refractivity contribution < 1.29 is 14.3 Å². The number of benzene rings is 2. The van der Waals surface area contributed by atoms with Crippen LogP contribution >= 0.6 is 34.7 Å². The van der Waals surface area contributed by atoms with Gasteiger partial charge in [-0.05, 0) is 56.7 Å². The van der Waals surface area contributed by atoms with Crippen LogP contribution in [0.25, 0.3) is 11.3 Å². The van der Waals surface area contributed by atoms with E-state index in [2.05, 4.69) is 15.5 Å². The van der Waals surface area contributed by atoms with Gasteiger partial charge in [0.25, 0.3) is 5.91 Å². The van der Waals surface area contributed by atoms with Crippen LogP contribution in [-0.4, -0.2) is 35.6 Å². The number of aromatic nitrogens is 1. The van der Waals surface area contributed by atoms with Crippen LogP contribution < -0.4 is 14.9 Å². The largest absolute Gasteiger partial charge is 0.490 e. The molecule has 0 atom stereocenters. The van der Waals surface area contributed by atoms with E-state index < -0.39 is 0 Å². The van der Waals surface area contributed by atoms with E-state index in [9.17, 15) is 4.79 Å². The Hall–Kier alpha value is -2.55. The molecule has 0 spiro atoms. The molecular formula is C23H24ClN3O3S2. The minimum absolute atomic E-state index is 0.0469. The average molecular weight is 490 g/mol. The standard InChI is InChI=1S/C23H24ClN3O3S2/c1-4-29-21-11-16(5-10-20(21)30-15(2)3)12-25-27-22(28)14-32-23-26-19(13-31-23)17-6-8-18(24)9-7-17/h5-13,15H,4,14H2,1-3H3,(H,27,28)/b25-12+. The van der Waals surface area contributed by atoms with Crippen LogP contribution in [0.5, 0.6) is 11.5 Å². The summed E-state index contributed by atoms with van der Waals surface area (Å²) in [5, 5.41) is 6.69. The summed E-state index contributed by atoms with van der Waals surface area (Å²) in [7, 11) is 0. The van der Waals surface area contributed by atoms with Gasteiger partial charge >= 0.3 is 0 Å². The fraction of sp³-hybridized carbons (Fsp3) is 0.261. The lowest BCUT2D eigenvalue weighted by molar-refractivity contribution is -0.118. The molecule has 0 aliphatic carbocycles. The smallest absolute Gasteiger partial charge is 0.250 e. The average Bonchev–Trinajstić information content (AvgIpc) is 3.23. The molecule has 2 aromatic carbocycles. The Bertz CT molecular complexity index is 1070. The summed E-state index contributed by atoms with van der Waals surface area (Å²) >= 11 is 8.79. The summed E-state index contributed by atoms with van der Waals surface area (Å²) < 4.78 is 12.2. The molecule has 0 bridgehead atoms. The van der Waals surface area contributed by atoms with E-state index in [4.69, 9.17) is 21.1 Å². The monoisotopic (exact) mass is 489 g/mol. The Kier molecular flexibility index (Phi) is 8.96. The fourth-order valence-electron chi connectivity index (χ4n) is 2.64. The zero-order valence-corrected chi connectivity index (χ0v) is 20.4. The number of rotatable bonds is 10. The number of amides is 1. The van der Waals surface area contributed by atoms with Crippen molar-refractivity contribution in [2.75, 3.05) is 12.4 Å². The minimum atomic E-state index is -0.209. The second-order valence-corrected chi connectivity index (χ2v) is 9.41. The SMILES string of the molecule is CCOc1cc(/C=N/NC(=O)CSc2nc(-c3ccc(Cl)cc3)cs2)ccc1OC(C)C. The van der Waals surface area contributed by atoms with Crippen molar-refractivity contribution in [3.8, 4) is 22.8 Å². The third kappa shape index (κ3) is 7.25. The number of carbonyl (C=O) groups is 1. The molecule has 168 valence electrons. The first kappa shape index (κ1) is 24.1. The predicted molar refractivity (Wildman–Crippen MR) is 132 cm³/mol. The second-order valence-electron chi connectivity index (χ2n) is 6.89. The number of ether oxygens (including phenoxy) is 2. The van der Waals surface area contributed by atoms with Gasteiger partial charge in [0.15, 0.2) is 15.8 Å². The summed E-state index contributed by atoms with van der Waals surface area (Å²) in [6.45, 7) is 6.36. The first-order valence-electron chi connectivity index (χ1n) is 10.0. The van der Waals surface area contributed by atoms with Gasteiger partial charge in [0, 0.05) is 16.0 Å². The van der Waals surface area contributed by atoms with E-state index >= 15 is 0 Å². The van der Waals surface area contributed by atoms with Gasteiger partial charge in [-0.25, -0.2) is 10.4 Å². The van der Waals surface area contributed by atoms with Crippen molar-refractivity contribution >= 4 is 46.8 Å². The molecule has 1 aromatic heterocycles. The van der Waals surface area contributed by atoms with Crippen LogP contribution in [0.15, 0.2) is 57.3 Å². The van der Waals surface area contributed by atoms with Gasteiger partial charge in [0.2, 0.25) is 0 Å². The topological polar surface area (TPSA) is 72.8 Å². The molecule has 6 nitrogen and oxygen atoms in total. The van der Waals surface area contributed by atoms with Gasteiger partial charge in [0.05, 0.1) is 30.4 Å². The van der Waals surface area contributed by atoms with E-state index in [1.54, 1.807) is 6.21 Å². The first-order valence-corrected chi connectivity index (χ1v) is 12.3. The van der Waals surface area contributed by atoms with E-state index in [1.165, 1.54) is 23.1 Å². The lowest BCUT2D eigenvalue weighted by Crippen LogP contribution is -2.19. The summed E-state index contributed by atoms with van der Waals surface area (Å²) in [5.41, 5.74) is 5.19. The highest BCUT2D eigenvalue weighted by molar-refractivity contribution is 8.01. The molecule has 0 radical (unpaired) electrons. The molecule has 1 heterocycles. The van der Waals surface area contributed by atoms with Crippen molar-refractivity contribution in [1.29, 1.82) is 0 Å². The molecule has 1 amide bonds. The molecule has 32 heavy (non-hydrogen) atoms. The maximum Gasteiger partial charge on any atom is 0.250 e. The predicted octanol–water partition coefficient (Wildman–Crippen LogP) is 5.89. The molecule has 0 aliphatic heterocycles. The normalized spacial score (nSPS) is 11.2. The van der Waals surface area contributed by atoms with Crippen LogP contribution in [0, 0.1) is 0 Å². The zero-order valence-electron chi connectivity index (χ0n) is 18.0. The van der Waals surface area contributed by atoms with Crippen LogP contribution in [0.1, 0.15) is 26.3 Å². The highest BCUT2D eigenvalue weighted by Gasteiger charge is 2.09. The number of thioether (sulfide) groups is 1. The maximum atomic E-state index is 12.1. The Morgan fingerprint density at radius 1 is 1.25 bits per heavy atom. The quantitative estimate of drug-likeness (QED) is 0.218. The van der Waals surface area contributed by atoms with Crippen LogP contribution in [0.4, 0.5) is 0 Å². The molecule has 0 aliphatic rings. The van der Waals surface area contributed by atoms with E-state index in [0.717, 1.165) is 21.2 Å². The van der Waals surface area contributed by atoms with E-state index in [0.29, 0.717) is 23.1 Å². The molecule has 1 N–H and O–H groups in total. The first-order chi connectivity index (χ1) is 15.4. The Morgan fingerprint density at radius 3 is 2.75 bits per heavy atom. The number of hydrogen-bond acceptors (Lipinski definition) is 7. The van der Waals surface area contributed by atoms with Crippen LogP contribution in [0.2, 0.25) is 5.02 Å². The summed E-state index contributed by atoms with van der Waals surface area (Å²) in [5.74, 6) is 1.34. The van der Waals surface area contributed by atoms with E-state index in [1.807, 2.05) is 68.6 Å². The Labute approximate surface area is 201 Å². The highest BCUT2D eigenvalue weighted by Crippen LogP contribution is 2.30. The van der Waals surface area contributed by atoms with Gasteiger partial charge in [-0.1, -0.05) is 35.5 Å². The van der Waals surface area contributed by atoms with Gasteiger partial charge in [-0.3, -0.25) is 4.79 Å². The van der Waals surface area contributed by atoms with Crippen LogP contribution in [0.3, 0.4) is 0 Å². The summed E-state index contributed by atoms with van der Waals surface area (Å²) in [6, 6.07) is 13.0. The Morgan fingerprint density at radius 2 is 2.03 bits per heavy atom. The zero-order chi connectivity index (χ0) is 22.9. The van der Waals surface area contributed by atoms with Crippen LogP contribution in [-0.2, 0) is 4.79 Å². The molecule has 0 saturated carbocycles. The molecule has 3 rings (SSSR count). The number of hydrogen-bond donors (Lipinski definition) is 1. The molecule has 0 fully saturated rings. The van der Waals surface area contributed by atoms with Gasteiger partial charge in [0.1, 0.15) is 0 Å². The van der Waals surface area contributed by atoms with Crippen molar-refractivity contribution in [2.24, 2.45) is 5.10 Å². The number of thiazole rings is 1. The van der Waals surface area contributed by atoms with E-state index in [-0.39, 0.29) is 17.8 Å². The van der Waals surface area contributed by atoms with Crippen molar-refractivity contribution in [3.05, 3.63) is 58.4 Å². The summed E-state index contributed by atoms with van der Waals surface area (Å²) in [6.07, 6.45) is 1.62. The van der Waals surface area contributed by atoms with Crippen molar-refractivity contribution in [2.45, 2.75) is 31.2 Å².